The van der Waals surface area contributed by atoms with Crippen molar-refractivity contribution >= 4 is 5.96 Å². The summed E-state index contributed by atoms with van der Waals surface area (Å²) in [6, 6.07) is 4.38. The summed E-state index contributed by atoms with van der Waals surface area (Å²) in [4.78, 5) is 6.63. The molecule has 0 aliphatic carbocycles. The van der Waals surface area contributed by atoms with Gasteiger partial charge in [0.1, 0.15) is 18.5 Å². The number of hydrogen-bond acceptors (Lipinski definition) is 5. The van der Waals surface area contributed by atoms with Crippen molar-refractivity contribution in [1.29, 1.82) is 0 Å². The average Bonchev–Trinajstić information content (AvgIpc) is 3.21. The van der Waals surface area contributed by atoms with Crippen LogP contribution in [0.15, 0.2) is 29.3 Å². The highest BCUT2D eigenvalue weighted by atomic mass is 19.4. The van der Waals surface area contributed by atoms with Crippen molar-refractivity contribution in [2.24, 2.45) is 10.9 Å². The Bertz CT molecular complexity index is 671. The van der Waals surface area contributed by atoms with E-state index in [1.807, 2.05) is 6.92 Å². The van der Waals surface area contributed by atoms with Gasteiger partial charge in [0.2, 0.25) is 0 Å². The Hall–Kier alpha value is -2.04. The summed E-state index contributed by atoms with van der Waals surface area (Å²) in [5.41, 5.74) is -0.742. The number of likely N-dealkylation sites (tertiary alicyclic amines) is 1. The molecule has 1 aliphatic heterocycles. The third-order valence-electron chi connectivity index (χ3n) is 4.78. The number of hydrogen-bond donors (Lipinski definition) is 2. The number of benzene rings is 1. The van der Waals surface area contributed by atoms with Crippen LogP contribution < -0.4 is 10.1 Å². The van der Waals surface area contributed by atoms with Crippen LogP contribution in [0.4, 0.5) is 13.2 Å². The molecule has 0 spiro atoms. The van der Waals surface area contributed by atoms with Crippen molar-refractivity contribution in [3.8, 4) is 5.75 Å². The van der Waals surface area contributed by atoms with Crippen LogP contribution in [0.1, 0.15) is 18.9 Å². The first-order valence-corrected chi connectivity index (χ1v) is 10.4. The van der Waals surface area contributed by atoms with Crippen LogP contribution in [0, 0.1) is 5.92 Å². The predicted octanol–water partition coefficient (Wildman–Crippen LogP) is 2.40. The number of halogens is 3. The lowest BCUT2D eigenvalue weighted by atomic mass is 10.1. The van der Waals surface area contributed by atoms with Crippen molar-refractivity contribution in [3.63, 3.8) is 0 Å². The largest absolute Gasteiger partial charge is 0.491 e. The van der Waals surface area contributed by atoms with E-state index < -0.39 is 17.8 Å². The number of ether oxygens (including phenoxy) is 3. The molecular weight excluding hydrogens is 415 g/mol. The Morgan fingerprint density at radius 2 is 2.03 bits per heavy atom. The van der Waals surface area contributed by atoms with Crippen LogP contribution in [0.5, 0.6) is 5.75 Å². The molecule has 0 amide bonds. The number of aliphatic imine (C=N–C) groups is 1. The summed E-state index contributed by atoms with van der Waals surface area (Å²) in [5, 5.41) is 13.4. The van der Waals surface area contributed by atoms with E-state index in [1.54, 1.807) is 7.11 Å². The van der Waals surface area contributed by atoms with Crippen LogP contribution in [0.3, 0.4) is 0 Å². The number of alkyl halides is 3. The summed E-state index contributed by atoms with van der Waals surface area (Å²) in [5.74, 6) is 1.39. The predicted molar refractivity (Wildman–Crippen MR) is 111 cm³/mol. The first-order valence-electron chi connectivity index (χ1n) is 10.4. The molecule has 1 aliphatic rings. The van der Waals surface area contributed by atoms with E-state index >= 15 is 0 Å². The Kier molecular flexibility index (Phi) is 10.4. The first kappa shape index (κ1) is 25.2. The maximum absolute atomic E-state index is 12.6. The number of nitrogens with zero attached hydrogens (tertiary/aromatic N) is 2. The summed E-state index contributed by atoms with van der Waals surface area (Å²) < 4.78 is 53.8. The van der Waals surface area contributed by atoms with Gasteiger partial charge in [0.25, 0.3) is 0 Å². The van der Waals surface area contributed by atoms with Gasteiger partial charge in [-0.2, -0.15) is 13.2 Å². The molecule has 10 heteroatoms. The number of guanidine groups is 1. The smallest absolute Gasteiger partial charge is 0.416 e. The second-order valence-corrected chi connectivity index (χ2v) is 7.35. The fourth-order valence-electron chi connectivity index (χ4n) is 3.16. The highest BCUT2D eigenvalue weighted by Gasteiger charge is 2.30. The lowest BCUT2D eigenvalue weighted by molar-refractivity contribution is -0.137. The van der Waals surface area contributed by atoms with Gasteiger partial charge in [-0.15, -0.1) is 0 Å². The summed E-state index contributed by atoms with van der Waals surface area (Å²) in [6.07, 6.45) is -4.27. The zero-order chi connectivity index (χ0) is 22.7. The van der Waals surface area contributed by atoms with Crippen molar-refractivity contribution in [2.45, 2.75) is 25.6 Å². The monoisotopic (exact) mass is 447 g/mol. The Labute approximate surface area is 181 Å². The summed E-state index contributed by atoms with van der Waals surface area (Å²) in [7, 11) is 1.64. The lowest BCUT2D eigenvalue weighted by Crippen LogP contribution is -2.41. The van der Waals surface area contributed by atoms with Gasteiger partial charge >= 0.3 is 6.18 Å². The van der Waals surface area contributed by atoms with Gasteiger partial charge in [0.05, 0.1) is 31.9 Å². The number of aliphatic hydroxyl groups excluding tert-OH is 1. The maximum Gasteiger partial charge on any atom is 0.416 e. The van der Waals surface area contributed by atoms with Gasteiger partial charge in [0.15, 0.2) is 5.96 Å². The minimum atomic E-state index is -4.39. The normalized spacial score (nSPS) is 18.3. The standard InChI is InChI=1S/C21H32F3N3O4/c1-3-25-20(27-9-8-16(13-27)14-30-11-10-29-2)26-12-18(28)15-31-19-6-4-17(5-7-19)21(22,23)24/h4-7,16,18,28H,3,8-15H2,1-2H3,(H,25,26). The van der Waals surface area contributed by atoms with E-state index in [0.29, 0.717) is 32.3 Å². The molecule has 2 rings (SSSR count). The molecule has 2 atom stereocenters. The van der Waals surface area contributed by atoms with Gasteiger partial charge in [-0.25, -0.2) is 0 Å². The molecular formula is C21H32F3N3O4. The molecule has 0 bridgehead atoms. The Morgan fingerprint density at radius 1 is 1.29 bits per heavy atom. The first-order chi connectivity index (χ1) is 14.8. The van der Waals surface area contributed by atoms with Crippen LogP contribution in [-0.4, -0.2) is 81.8 Å². The summed E-state index contributed by atoms with van der Waals surface area (Å²) >= 11 is 0. The topological polar surface area (TPSA) is 75.6 Å². The van der Waals surface area contributed by atoms with E-state index in [4.69, 9.17) is 14.2 Å². The van der Waals surface area contributed by atoms with Crippen molar-refractivity contribution in [3.05, 3.63) is 29.8 Å². The molecule has 1 aromatic carbocycles. The Balaban J connectivity index is 1.79. The molecule has 0 aromatic heterocycles. The van der Waals surface area contributed by atoms with E-state index in [1.165, 1.54) is 12.1 Å². The zero-order valence-corrected chi connectivity index (χ0v) is 18.0. The minimum Gasteiger partial charge on any atom is -0.491 e. The van der Waals surface area contributed by atoms with Gasteiger partial charge in [-0.05, 0) is 37.6 Å². The van der Waals surface area contributed by atoms with Crippen molar-refractivity contribution in [1.82, 2.24) is 10.2 Å². The van der Waals surface area contributed by atoms with Gasteiger partial charge < -0.3 is 29.5 Å². The fraction of sp³-hybridized carbons (Fsp3) is 0.667. The van der Waals surface area contributed by atoms with Crippen molar-refractivity contribution < 1.29 is 32.5 Å². The van der Waals surface area contributed by atoms with Crippen LogP contribution in [-0.2, 0) is 15.7 Å². The minimum absolute atomic E-state index is 0.0652. The highest BCUT2D eigenvalue weighted by molar-refractivity contribution is 5.80. The lowest BCUT2D eigenvalue weighted by Gasteiger charge is -2.22. The maximum atomic E-state index is 12.6. The third-order valence-corrected chi connectivity index (χ3v) is 4.78. The third kappa shape index (κ3) is 8.92. The van der Waals surface area contributed by atoms with E-state index in [9.17, 15) is 18.3 Å². The average molecular weight is 447 g/mol. The molecule has 2 unspecified atom stereocenters. The molecule has 0 radical (unpaired) electrons. The molecule has 176 valence electrons. The quantitative estimate of drug-likeness (QED) is 0.308. The van der Waals surface area contributed by atoms with E-state index in [-0.39, 0.29) is 18.9 Å². The number of nitrogens with one attached hydrogen (secondary N) is 1. The highest BCUT2D eigenvalue weighted by Crippen LogP contribution is 2.30. The molecule has 1 fully saturated rings. The molecule has 2 N–H and O–H groups in total. The molecule has 7 nitrogen and oxygen atoms in total. The van der Waals surface area contributed by atoms with Gasteiger partial charge in [0, 0.05) is 32.7 Å². The molecule has 1 heterocycles. The van der Waals surface area contributed by atoms with E-state index in [2.05, 4.69) is 15.2 Å². The zero-order valence-electron chi connectivity index (χ0n) is 18.0. The van der Waals surface area contributed by atoms with Crippen LogP contribution in [0.2, 0.25) is 0 Å². The number of aliphatic hydroxyl groups is 1. The molecule has 1 saturated heterocycles. The SMILES string of the molecule is CCNC(=NCC(O)COc1ccc(C(F)(F)F)cc1)N1CCC(COCCOC)C1. The molecule has 1 aromatic rings. The molecule has 0 saturated carbocycles. The van der Waals surface area contributed by atoms with Crippen molar-refractivity contribution in [2.75, 3.05) is 59.7 Å². The Morgan fingerprint density at radius 3 is 2.68 bits per heavy atom. The fourth-order valence-corrected chi connectivity index (χ4v) is 3.16. The second-order valence-electron chi connectivity index (χ2n) is 7.35. The number of methoxy groups -OCH3 is 1. The van der Waals surface area contributed by atoms with Gasteiger partial charge in [-0.1, -0.05) is 0 Å². The summed E-state index contributed by atoms with van der Waals surface area (Å²) in [6.45, 7) is 6.21. The second kappa shape index (κ2) is 12.7. The van der Waals surface area contributed by atoms with Crippen LogP contribution in [0.25, 0.3) is 0 Å². The van der Waals surface area contributed by atoms with Crippen LogP contribution >= 0.6 is 0 Å². The van der Waals surface area contributed by atoms with Gasteiger partial charge in [-0.3, -0.25) is 4.99 Å². The number of rotatable bonds is 11. The molecule has 31 heavy (non-hydrogen) atoms. The van der Waals surface area contributed by atoms with E-state index in [0.717, 1.165) is 37.6 Å².